The summed E-state index contributed by atoms with van der Waals surface area (Å²) < 4.78 is 20.9. The second-order valence-corrected chi connectivity index (χ2v) is 11.2. The molecule has 0 unspecified atom stereocenters. The number of ether oxygens (including phenoxy) is 1. The molecule has 43 heavy (non-hydrogen) atoms. The van der Waals surface area contributed by atoms with Crippen LogP contribution in [0.15, 0.2) is 97.2 Å². The molecule has 0 bridgehead atoms. The Kier molecular flexibility index (Phi) is 7.94. The summed E-state index contributed by atoms with van der Waals surface area (Å²) in [5, 5.41) is 20.8. The quantitative estimate of drug-likeness (QED) is 0.164. The van der Waals surface area contributed by atoms with Crippen LogP contribution in [0, 0.1) is 5.82 Å². The van der Waals surface area contributed by atoms with Crippen molar-refractivity contribution in [2.45, 2.75) is 24.8 Å². The summed E-state index contributed by atoms with van der Waals surface area (Å²) in [5.74, 6) is 0.346. The van der Waals surface area contributed by atoms with Crippen LogP contribution in [0.25, 0.3) is 33.2 Å². The van der Waals surface area contributed by atoms with Gasteiger partial charge in [0.25, 0.3) is 0 Å². The maximum atomic E-state index is 14.2. The van der Waals surface area contributed by atoms with Gasteiger partial charge >= 0.3 is 0 Å². The molecule has 4 aromatic carbocycles. The van der Waals surface area contributed by atoms with Crippen LogP contribution in [0.2, 0.25) is 0 Å². The third-order valence-electron chi connectivity index (χ3n) is 7.81. The minimum absolute atomic E-state index is 0.0777. The molecule has 0 saturated heterocycles. The van der Waals surface area contributed by atoms with Gasteiger partial charge in [0.05, 0.1) is 17.1 Å². The standard InChI is InChI=1S/C35H33FN4O3/c1-40(2)14-6-9-35(42)38-27-15-26(16-27)28-12-10-24(22-7-4-3-5-8-22)19-33(28)43-34-20-25(18-31-29(34)21-37-39-31)23-11-13-32(41)30(36)17-23/h3-13,17-21,26-27,41H,14-16H2,1-2H3,(H,37,39)(H,38,42)/b9-6+. The molecular weight excluding hydrogens is 543 g/mol. The summed E-state index contributed by atoms with van der Waals surface area (Å²) >= 11 is 0. The first-order valence-electron chi connectivity index (χ1n) is 14.3. The molecule has 7 nitrogen and oxygen atoms in total. The lowest BCUT2D eigenvalue weighted by atomic mass is 9.75. The van der Waals surface area contributed by atoms with E-state index in [1.54, 1.807) is 18.3 Å². The number of phenolic OH excluding ortho intramolecular Hbond substituents is 1. The minimum Gasteiger partial charge on any atom is -0.505 e. The minimum atomic E-state index is -0.692. The highest BCUT2D eigenvalue weighted by molar-refractivity contribution is 5.90. The molecule has 3 N–H and O–H groups in total. The maximum Gasteiger partial charge on any atom is 0.243 e. The van der Waals surface area contributed by atoms with Gasteiger partial charge in [0.15, 0.2) is 11.6 Å². The molecule has 1 saturated carbocycles. The largest absolute Gasteiger partial charge is 0.505 e. The third kappa shape index (κ3) is 6.29. The number of fused-ring (bicyclic) bond motifs is 1. The number of rotatable bonds is 9. The fourth-order valence-electron chi connectivity index (χ4n) is 5.45. The lowest BCUT2D eigenvalue weighted by Crippen LogP contribution is -2.42. The fourth-order valence-corrected chi connectivity index (χ4v) is 5.45. The molecule has 1 aliphatic rings. The molecule has 5 aromatic rings. The van der Waals surface area contributed by atoms with Crippen molar-refractivity contribution in [3.05, 3.63) is 109 Å². The lowest BCUT2D eigenvalue weighted by Gasteiger charge is -2.36. The first-order valence-corrected chi connectivity index (χ1v) is 14.3. The van der Waals surface area contributed by atoms with Gasteiger partial charge < -0.3 is 20.1 Å². The van der Waals surface area contributed by atoms with Gasteiger partial charge in [-0.25, -0.2) is 4.39 Å². The Morgan fingerprint density at radius 1 is 1.00 bits per heavy atom. The molecule has 6 rings (SSSR count). The number of aromatic nitrogens is 2. The monoisotopic (exact) mass is 576 g/mol. The normalized spacial score (nSPS) is 16.5. The van der Waals surface area contributed by atoms with Gasteiger partial charge in [0.1, 0.15) is 11.5 Å². The van der Waals surface area contributed by atoms with E-state index in [2.05, 4.69) is 45.8 Å². The van der Waals surface area contributed by atoms with E-state index in [1.807, 2.05) is 55.4 Å². The number of halogens is 1. The second kappa shape index (κ2) is 12.1. The van der Waals surface area contributed by atoms with Crippen LogP contribution in [-0.2, 0) is 4.79 Å². The predicted molar refractivity (Wildman–Crippen MR) is 167 cm³/mol. The van der Waals surface area contributed by atoms with Crippen molar-refractivity contribution in [2.75, 3.05) is 20.6 Å². The van der Waals surface area contributed by atoms with Crippen LogP contribution in [0.3, 0.4) is 0 Å². The fraction of sp³-hybridized carbons (Fsp3) is 0.200. The Balaban J connectivity index is 1.31. The van der Waals surface area contributed by atoms with Gasteiger partial charge in [0, 0.05) is 18.7 Å². The van der Waals surface area contributed by atoms with Crippen molar-refractivity contribution in [1.29, 1.82) is 0 Å². The van der Waals surface area contributed by atoms with Crippen molar-refractivity contribution in [2.24, 2.45) is 0 Å². The average molecular weight is 577 g/mol. The first kappa shape index (κ1) is 28.2. The highest BCUT2D eigenvalue weighted by Gasteiger charge is 2.33. The van der Waals surface area contributed by atoms with Crippen LogP contribution in [-0.4, -0.2) is 52.8 Å². The summed E-state index contributed by atoms with van der Waals surface area (Å²) in [4.78, 5) is 14.4. The molecule has 1 fully saturated rings. The predicted octanol–water partition coefficient (Wildman–Crippen LogP) is 7.01. The number of likely N-dealkylation sites (N-methyl/N-ethyl adjacent to an activating group) is 1. The maximum absolute atomic E-state index is 14.2. The number of phenols is 1. The third-order valence-corrected chi connectivity index (χ3v) is 7.81. The van der Waals surface area contributed by atoms with E-state index in [0.717, 1.165) is 51.7 Å². The van der Waals surface area contributed by atoms with Crippen molar-refractivity contribution in [1.82, 2.24) is 20.4 Å². The van der Waals surface area contributed by atoms with Crippen LogP contribution < -0.4 is 10.1 Å². The summed E-state index contributed by atoms with van der Waals surface area (Å²) in [5.41, 5.74) is 5.23. The Morgan fingerprint density at radius 3 is 2.51 bits per heavy atom. The average Bonchev–Trinajstić information content (AvgIpc) is 3.46. The zero-order valence-electron chi connectivity index (χ0n) is 24.0. The van der Waals surface area contributed by atoms with E-state index in [1.165, 1.54) is 12.1 Å². The molecule has 8 heteroatoms. The SMILES string of the molecule is CN(C)C/C=C/C(=O)NC1CC(c2ccc(-c3ccccc3)cc2Oc2cc(-c3ccc(O)c(F)c3)cc3[nH]ncc23)C1. The van der Waals surface area contributed by atoms with E-state index in [0.29, 0.717) is 17.9 Å². The number of H-pyrrole nitrogens is 1. The molecule has 0 atom stereocenters. The van der Waals surface area contributed by atoms with Gasteiger partial charge in [-0.1, -0.05) is 54.6 Å². The van der Waals surface area contributed by atoms with Crippen LogP contribution in [0.1, 0.15) is 24.3 Å². The van der Waals surface area contributed by atoms with E-state index < -0.39 is 11.6 Å². The molecule has 1 amide bonds. The molecule has 0 aliphatic heterocycles. The number of amides is 1. The van der Waals surface area contributed by atoms with Crippen molar-refractivity contribution >= 4 is 16.8 Å². The number of hydrogen-bond acceptors (Lipinski definition) is 5. The number of carbonyl (C=O) groups excluding carboxylic acids is 1. The van der Waals surface area contributed by atoms with Gasteiger partial charge in [-0.3, -0.25) is 9.89 Å². The van der Waals surface area contributed by atoms with E-state index in [-0.39, 0.29) is 17.9 Å². The zero-order chi connectivity index (χ0) is 29.9. The number of aromatic amines is 1. The van der Waals surface area contributed by atoms with Gasteiger partial charge in [-0.05, 0) is 91.0 Å². The molecule has 1 aromatic heterocycles. The number of benzene rings is 4. The molecule has 0 spiro atoms. The van der Waals surface area contributed by atoms with Crippen LogP contribution >= 0.6 is 0 Å². The number of aromatic hydroxyl groups is 1. The Bertz CT molecular complexity index is 1790. The summed E-state index contributed by atoms with van der Waals surface area (Å²) in [6, 6.07) is 24.6. The van der Waals surface area contributed by atoms with Crippen LogP contribution in [0.4, 0.5) is 4.39 Å². The second-order valence-electron chi connectivity index (χ2n) is 11.2. The molecule has 0 radical (unpaired) electrons. The number of nitrogens with zero attached hydrogens (tertiary/aromatic N) is 2. The lowest BCUT2D eigenvalue weighted by molar-refractivity contribution is -0.117. The Hall–Kier alpha value is -4.95. The molecular formula is C35H33FN4O3. The van der Waals surface area contributed by atoms with E-state index in [9.17, 15) is 14.3 Å². The summed E-state index contributed by atoms with van der Waals surface area (Å²) in [7, 11) is 3.92. The molecule has 1 aliphatic carbocycles. The zero-order valence-corrected chi connectivity index (χ0v) is 24.0. The van der Waals surface area contributed by atoms with Crippen LogP contribution in [0.5, 0.6) is 17.2 Å². The number of hydrogen-bond donors (Lipinski definition) is 3. The topological polar surface area (TPSA) is 90.5 Å². The Morgan fingerprint density at radius 2 is 1.74 bits per heavy atom. The summed E-state index contributed by atoms with van der Waals surface area (Å²) in [6.45, 7) is 0.710. The number of carbonyl (C=O) groups is 1. The van der Waals surface area contributed by atoms with Crippen molar-refractivity contribution in [3.8, 4) is 39.5 Å². The highest BCUT2D eigenvalue weighted by atomic mass is 19.1. The smallest absolute Gasteiger partial charge is 0.243 e. The summed E-state index contributed by atoms with van der Waals surface area (Å²) in [6.07, 6.45) is 6.78. The molecule has 1 heterocycles. The molecule has 218 valence electrons. The highest BCUT2D eigenvalue weighted by Crippen LogP contribution is 2.45. The van der Waals surface area contributed by atoms with Crippen molar-refractivity contribution in [3.63, 3.8) is 0 Å². The van der Waals surface area contributed by atoms with Gasteiger partial charge in [0.2, 0.25) is 5.91 Å². The Labute approximate surface area is 249 Å². The van der Waals surface area contributed by atoms with Gasteiger partial charge in [-0.15, -0.1) is 0 Å². The van der Waals surface area contributed by atoms with E-state index >= 15 is 0 Å². The van der Waals surface area contributed by atoms with Crippen molar-refractivity contribution < 1.29 is 19.0 Å². The first-order chi connectivity index (χ1) is 20.8. The van der Waals surface area contributed by atoms with E-state index in [4.69, 9.17) is 4.74 Å². The van der Waals surface area contributed by atoms with Gasteiger partial charge in [-0.2, -0.15) is 5.10 Å². The number of nitrogens with one attached hydrogen (secondary N) is 2.